The molecule has 0 aliphatic heterocycles. The van der Waals surface area contributed by atoms with Crippen molar-refractivity contribution in [3.63, 3.8) is 0 Å². The van der Waals surface area contributed by atoms with E-state index >= 15 is 0 Å². The predicted octanol–water partition coefficient (Wildman–Crippen LogP) is 2.87. The zero-order valence-corrected chi connectivity index (χ0v) is 14.4. The second-order valence-electron chi connectivity index (χ2n) is 4.67. The fourth-order valence-corrected chi connectivity index (χ4v) is 2.10. The molecule has 0 atom stereocenters. The van der Waals surface area contributed by atoms with Gasteiger partial charge in [0.15, 0.2) is 0 Å². The minimum Gasteiger partial charge on any atom is -0.262 e. The van der Waals surface area contributed by atoms with Gasteiger partial charge in [-0.2, -0.15) is 10.2 Å². The van der Waals surface area contributed by atoms with Crippen LogP contribution >= 0.6 is 23.2 Å². The molecule has 0 unspecified atom stereocenters. The van der Waals surface area contributed by atoms with Crippen molar-refractivity contribution in [2.24, 2.45) is 10.2 Å². The summed E-state index contributed by atoms with van der Waals surface area (Å²) in [4.78, 5) is 23.1. The molecule has 6 nitrogen and oxygen atoms in total. The molecule has 0 spiro atoms. The van der Waals surface area contributed by atoms with Crippen LogP contribution in [0.5, 0.6) is 0 Å². The molecule has 26 heavy (non-hydrogen) atoms. The number of hydrogen-bond acceptors (Lipinski definition) is 4. The maximum atomic E-state index is 13.5. The first-order valence-corrected chi connectivity index (χ1v) is 7.70. The van der Waals surface area contributed by atoms with Crippen LogP contribution in [0.15, 0.2) is 46.6 Å². The number of benzene rings is 2. The third kappa shape index (κ3) is 5.08. The Morgan fingerprint density at radius 3 is 1.54 bits per heavy atom. The number of halogens is 4. The molecule has 0 radical (unpaired) electrons. The third-order valence-corrected chi connectivity index (χ3v) is 3.58. The molecule has 0 saturated carbocycles. The highest BCUT2D eigenvalue weighted by molar-refractivity contribution is 6.35. The SMILES string of the molecule is O=C(NN=Cc1c(F)cccc1Cl)C(=O)NN=Cc1c(F)cccc1Cl. The first kappa shape index (κ1) is 19.5. The summed E-state index contributed by atoms with van der Waals surface area (Å²) < 4.78 is 27.0. The van der Waals surface area contributed by atoms with Crippen molar-refractivity contribution >= 4 is 47.4 Å². The largest absolute Gasteiger partial charge is 0.331 e. The molecule has 2 N–H and O–H groups in total. The molecule has 0 bridgehead atoms. The number of carbonyl (C=O) groups excluding carboxylic acids is 2. The molecule has 2 aromatic rings. The molecule has 0 aliphatic rings. The average molecular weight is 399 g/mol. The Kier molecular flexibility index (Phi) is 6.76. The molecule has 2 rings (SSSR count). The number of amides is 2. The molecule has 0 fully saturated rings. The van der Waals surface area contributed by atoms with Crippen molar-refractivity contribution in [2.45, 2.75) is 0 Å². The second-order valence-corrected chi connectivity index (χ2v) is 5.48. The molecule has 0 aromatic heterocycles. The van der Waals surface area contributed by atoms with Crippen LogP contribution in [0.2, 0.25) is 10.0 Å². The van der Waals surface area contributed by atoms with Gasteiger partial charge in [0.1, 0.15) is 11.6 Å². The summed E-state index contributed by atoms with van der Waals surface area (Å²) in [5, 5.41) is 7.04. The van der Waals surface area contributed by atoms with Crippen LogP contribution in [-0.4, -0.2) is 24.2 Å². The number of nitrogens with one attached hydrogen (secondary N) is 2. The van der Waals surface area contributed by atoms with Gasteiger partial charge in [0, 0.05) is 11.1 Å². The minimum absolute atomic E-state index is 0.0536. The zero-order chi connectivity index (χ0) is 19.1. The first-order valence-electron chi connectivity index (χ1n) is 6.94. The Morgan fingerprint density at radius 2 is 1.19 bits per heavy atom. The normalized spacial score (nSPS) is 11.1. The minimum atomic E-state index is -1.18. The van der Waals surface area contributed by atoms with Crippen molar-refractivity contribution in [2.75, 3.05) is 0 Å². The van der Waals surface area contributed by atoms with Gasteiger partial charge < -0.3 is 0 Å². The molecule has 0 heterocycles. The Hall–Kier alpha value is -2.84. The highest BCUT2D eigenvalue weighted by Gasteiger charge is 2.12. The topological polar surface area (TPSA) is 82.9 Å². The first-order chi connectivity index (χ1) is 12.4. The number of rotatable bonds is 4. The van der Waals surface area contributed by atoms with Gasteiger partial charge in [-0.05, 0) is 24.3 Å². The summed E-state index contributed by atoms with van der Waals surface area (Å²) in [5.74, 6) is -3.64. The highest BCUT2D eigenvalue weighted by Crippen LogP contribution is 2.17. The lowest BCUT2D eigenvalue weighted by Gasteiger charge is -2.01. The van der Waals surface area contributed by atoms with Crippen molar-refractivity contribution < 1.29 is 18.4 Å². The van der Waals surface area contributed by atoms with Gasteiger partial charge in [0.05, 0.1) is 22.5 Å². The van der Waals surface area contributed by atoms with E-state index in [1.807, 2.05) is 10.9 Å². The van der Waals surface area contributed by atoms with Gasteiger partial charge in [-0.15, -0.1) is 0 Å². The molecule has 2 amide bonds. The summed E-state index contributed by atoms with van der Waals surface area (Å²) >= 11 is 11.6. The Labute approximate surface area is 156 Å². The number of carbonyl (C=O) groups is 2. The molecular weight excluding hydrogens is 389 g/mol. The van der Waals surface area contributed by atoms with E-state index in [1.165, 1.54) is 24.3 Å². The van der Waals surface area contributed by atoms with Crippen LogP contribution < -0.4 is 10.9 Å². The smallest absolute Gasteiger partial charge is 0.262 e. The molecule has 2 aromatic carbocycles. The molecular formula is C16H10Cl2F2N4O2. The highest BCUT2D eigenvalue weighted by atomic mass is 35.5. The van der Waals surface area contributed by atoms with E-state index in [1.54, 1.807) is 0 Å². The van der Waals surface area contributed by atoms with Crippen molar-refractivity contribution in [3.8, 4) is 0 Å². The Bertz CT molecular complexity index is 790. The maximum absolute atomic E-state index is 13.5. The van der Waals surface area contributed by atoms with E-state index in [0.29, 0.717) is 0 Å². The van der Waals surface area contributed by atoms with Crippen LogP contribution in [0.25, 0.3) is 0 Å². The van der Waals surface area contributed by atoms with Crippen LogP contribution in [0.3, 0.4) is 0 Å². The maximum Gasteiger partial charge on any atom is 0.331 e. The van der Waals surface area contributed by atoms with E-state index in [0.717, 1.165) is 24.6 Å². The van der Waals surface area contributed by atoms with E-state index in [4.69, 9.17) is 23.2 Å². The lowest BCUT2D eigenvalue weighted by molar-refractivity contribution is -0.139. The van der Waals surface area contributed by atoms with Crippen LogP contribution in [0.4, 0.5) is 8.78 Å². The number of hydrogen-bond donors (Lipinski definition) is 2. The van der Waals surface area contributed by atoms with E-state index in [9.17, 15) is 18.4 Å². The molecule has 134 valence electrons. The average Bonchev–Trinajstić information content (AvgIpc) is 2.59. The third-order valence-electron chi connectivity index (χ3n) is 2.93. The standard InChI is InChI=1S/C16H10Cl2F2N4O2/c17-11-3-1-5-13(19)9(11)7-21-23-15(25)16(26)24-22-8-10-12(18)4-2-6-14(10)20/h1-8H,(H,23,25)(H,24,26). The molecule has 0 saturated heterocycles. The van der Waals surface area contributed by atoms with Gasteiger partial charge in [-0.3, -0.25) is 9.59 Å². The Balaban J connectivity index is 1.93. The van der Waals surface area contributed by atoms with Crippen molar-refractivity contribution in [1.82, 2.24) is 10.9 Å². The van der Waals surface area contributed by atoms with E-state index in [-0.39, 0.29) is 21.2 Å². The summed E-state index contributed by atoms with van der Waals surface area (Å²) in [5.41, 5.74) is 3.64. The van der Waals surface area contributed by atoms with Gasteiger partial charge in [-0.25, -0.2) is 19.6 Å². The van der Waals surface area contributed by atoms with Gasteiger partial charge >= 0.3 is 11.8 Å². The van der Waals surface area contributed by atoms with Gasteiger partial charge in [-0.1, -0.05) is 35.3 Å². The number of nitrogens with zero attached hydrogens (tertiary/aromatic N) is 2. The lowest BCUT2D eigenvalue weighted by Crippen LogP contribution is -2.35. The monoisotopic (exact) mass is 398 g/mol. The van der Waals surface area contributed by atoms with Gasteiger partial charge in [0.25, 0.3) is 0 Å². The quantitative estimate of drug-likeness (QED) is 0.471. The summed E-state index contributed by atoms with van der Waals surface area (Å²) in [6.45, 7) is 0. The van der Waals surface area contributed by atoms with Gasteiger partial charge in [0.2, 0.25) is 0 Å². The predicted molar refractivity (Wildman–Crippen MR) is 94.3 cm³/mol. The number of hydrazone groups is 2. The fraction of sp³-hybridized carbons (Fsp3) is 0. The van der Waals surface area contributed by atoms with Crippen LogP contribution in [0.1, 0.15) is 11.1 Å². The van der Waals surface area contributed by atoms with Crippen LogP contribution in [0, 0.1) is 11.6 Å². The zero-order valence-electron chi connectivity index (χ0n) is 12.8. The molecule has 0 aliphatic carbocycles. The van der Waals surface area contributed by atoms with E-state index < -0.39 is 23.4 Å². The summed E-state index contributed by atoms with van der Waals surface area (Å²) in [6.07, 6.45) is 1.90. The second kappa shape index (κ2) is 9.02. The summed E-state index contributed by atoms with van der Waals surface area (Å²) in [7, 11) is 0. The van der Waals surface area contributed by atoms with Crippen molar-refractivity contribution in [3.05, 3.63) is 69.2 Å². The van der Waals surface area contributed by atoms with Crippen molar-refractivity contribution in [1.29, 1.82) is 0 Å². The summed E-state index contributed by atoms with van der Waals surface area (Å²) in [6, 6.07) is 7.99. The van der Waals surface area contributed by atoms with Crippen LogP contribution in [-0.2, 0) is 9.59 Å². The molecule has 10 heteroatoms. The fourth-order valence-electron chi connectivity index (χ4n) is 1.68. The Morgan fingerprint density at radius 1 is 0.808 bits per heavy atom. The van der Waals surface area contributed by atoms with E-state index in [2.05, 4.69) is 10.2 Å². The lowest BCUT2D eigenvalue weighted by atomic mass is 10.2.